The summed E-state index contributed by atoms with van der Waals surface area (Å²) in [6, 6.07) is 7.49. The van der Waals surface area contributed by atoms with Crippen LogP contribution in [-0.2, 0) is 6.42 Å². The summed E-state index contributed by atoms with van der Waals surface area (Å²) in [5.41, 5.74) is 1.75. The summed E-state index contributed by atoms with van der Waals surface area (Å²) in [7, 11) is 0. The average Bonchev–Trinajstić information content (AvgIpc) is 2.93. The van der Waals surface area contributed by atoms with E-state index >= 15 is 0 Å². The van der Waals surface area contributed by atoms with E-state index in [-0.39, 0.29) is 11.9 Å². The second-order valence-electron chi connectivity index (χ2n) is 4.39. The third-order valence-corrected chi connectivity index (χ3v) is 4.06. The number of amides is 1. The first-order valence-electron chi connectivity index (χ1n) is 6.53. The maximum atomic E-state index is 12.3. The van der Waals surface area contributed by atoms with Gasteiger partial charge in [0.15, 0.2) is 0 Å². The Balaban J connectivity index is 2.16. The number of carbonyl (C=O) groups is 1. The molecule has 1 amide bonds. The van der Waals surface area contributed by atoms with Crippen LogP contribution in [0.5, 0.6) is 0 Å². The van der Waals surface area contributed by atoms with Crippen molar-refractivity contribution < 1.29 is 4.79 Å². The predicted molar refractivity (Wildman–Crippen MR) is 81.2 cm³/mol. The number of nitrogens with zero attached hydrogens (tertiary/aromatic N) is 2. The van der Waals surface area contributed by atoms with Crippen molar-refractivity contribution in [2.24, 2.45) is 0 Å². The molecule has 0 radical (unpaired) electrons. The molecule has 1 atom stereocenters. The van der Waals surface area contributed by atoms with Crippen molar-refractivity contribution in [2.75, 3.05) is 0 Å². The van der Waals surface area contributed by atoms with E-state index in [1.165, 1.54) is 0 Å². The summed E-state index contributed by atoms with van der Waals surface area (Å²) in [5, 5.41) is 7.65. The Kier molecular flexibility index (Phi) is 5.09. The van der Waals surface area contributed by atoms with Gasteiger partial charge in [-0.3, -0.25) is 4.79 Å². The maximum absolute atomic E-state index is 12.3. The monoisotopic (exact) mass is 309 g/mol. The molecule has 0 saturated carbocycles. The lowest BCUT2D eigenvalue weighted by Crippen LogP contribution is -2.28. The van der Waals surface area contributed by atoms with Crippen LogP contribution in [0.25, 0.3) is 0 Å². The number of benzene rings is 1. The van der Waals surface area contributed by atoms with Crippen LogP contribution in [0, 0.1) is 0 Å². The van der Waals surface area contributed by atoms with Crippen LogP contribution in [0.15, 0.2) is 24.3 Å². The molecule has 2 rings (SSSR count). The van der Waals surface area contributed by atoms with Crippen LogP contribution >= 0.6 is 23.1 Å². The average molecular weight is 310 g/mol. The van der Waals surface area contributed by atoms with Gasteiger partial charge in [0.25, 0.3) is 5.91 Å². The summed E-state index contributed by atoms with van der Waals surface area (Å²) < 4.78 is 3.84. The largest absolute Gasteiger partial charge is 0.344 e. The molecule has 106 valence electrons. The second-order valence-corrected chi connectivity index (χ2v) is 5.58. The minimum absolute atomic E-state index is 0.0620. The molecule has 0 saturated heterocycles. The summed E-state index contributed by atoms with van der Waals surface area (Å²) in [5.74, 6) is -0.122. The molecule has 20 heavy (non-hydrogen) atoms. The molecule has 6 heteroatoms. The van der Waals surface area contributed by atoms with Crippen molar-refractivity contribution in [1.82, 2.24) is 14.9 Å². The van der Waals surface area contributed by atoms with Crippen LogP contribution < -0.4 is 5.32 Å². The molecule has 1 aromatic heterocycles. The molecule has 0 spiro atoms. The number of rotatable bonds is 5. The molecule has 0 fully saturated rings. The highest BCUT2D eigenvalue weighted by atomic mass is 35.5. The summed E-state index contributed by atoms with van der Waals surface area (Å²) in [6.07, 6.45) is 1.49. The fourth-order valence-corrected chi connectivity index (χ4v) is 2.83. The predicted octanol–water partition coefficient (Wildman–Crippen LogP) is 3.64. The SMILES string of the molecule is CCc1nnsc1C(=O)NC(CC)c1cccc(Cl)c1. The van der Waals surface area contributed by atoms with Crippen molar-refractivity contribution in [2.45, 2.75) is 32.7 Å². The van der Waals surface area contributed by atoms with Gasteiger partial charge in [-0.05, 0) is 42.1 Å². The van der Waals surface area contributed by atoms with Crippen LogP contribution in [0.4, 0.5) is 0 Å². The number of halogens is 1. The number of carbonyl (C=O) groups excluding carboxylic acids is 1. The van der Waals surface area contributed by atoms with E-state index < -0.39 is 0 Å². The molecule has 2 aromatic rings. The van der Waals surface area contributed by atoms with Gasteiger partial charge in [-0.15, -0.1) is 5.10 Å². The van der Waals surface area contributed by atoms with Crippen molar-refractivity contribution in [3.63, 3.8) is 0 Å². The van der Waals surface area contributed by atoms with E-state index in [2.05, 4.69) is 14.9 Å². The van der Waals surface area contributed by atoms with Gasteiger partial charge in [-0.25, -0.2) is 0 Å². The van der Waals surface area contributed by atoms with Crippen LogP contribution in [0.2, 0.25) is 5.02 Å². The minimum Gasteiger partial charge on any atom is -0.344 e. The van der Waals surface area contributed by atoms with Crippen molar-refractivity contribution in [1.29, 1.82) is 0 Å². The molecule has 0 aliphatic rings. The normalized spacial score (nSPS) is 12.2. The third-order valence-electron chi connectivity index (χ3n) is 3.06. The zero-order chi connectivity index (χ0) is 14.5. The lowest BCUT2D eigenvalue weighted by Gasteiger charge is -2.17. The molecule has 0 aliphatic heterocycles. The second kappa shape index (κ2) is 6.81. The molecule has 1 heterocycles. The number of nitrogens with one attached hydrogen (secondary N) is 1. The maximum Gasteiger partial charge on any atom is 0.265 e. The standard InChI is InChI=1S/C14H16ClN3OS/c1-3-11(9-6-5-7-10(15)8-9)16-14(19)13-12(4-2)17-18-20-13/h5-8,11H,3-4H2,1-2H3,(H,16,19). The van der Waals surface area contributed by atoms with E-state index in [1.807, 2.05) is 38.1 Å². The molecule has 1 aromatic carbocycles. The number of hydrogen-bond donors (Lipinski definition) is 1. The fourth-order valence-electron chi connectivity index (χ4n) is 1.98. The lowest BCUT2D eigenvalue weighted by molar-refractivity contribution is 0.0938. The van der Waals surface area contributed by atoms with Crippen molar-refractivity contribution in [3.05, 3.63) is 45.4 Å². The number of aryl methyl sites for hydroxylation is 1. The third kappa shape index (κ3) is 3.35. The zero-order valence-electron chi connectivity index (χ0n) is 11.4. The lowest BCUT2D eigenvalue weighted by atomic mass is 10.0. The number of aromatic nitrogens is 2. The van der Waals surface area contributed by atoms with Crippen LogP contribution in [0.3, 0.4) is 0 Å². The Hall–Kier alpha value is -1.46. The summed E-state index contributed by atoms with van der Waals surface area (Å²) in [6.45, 7) is 3.99. The van der Waals surface area contributed by atoms with E-state index in [0.29, 0.717) is 16.3 Å². The van der Waals surface area contributed by atoms with Gasteiger partial charge in [0, 0.05) is 5.02 Å². The van der Waals surface area contributed by atoms with E-state index in [9.17, 15) is 4.79 Å². The molecule has 0 bridgehead atoms. The number of hydrogen-bond acceptors (Lipinski definition) is 4. The molecule has 4 nitrogen and oxygen atoms in total. The van der Waals surface area contributed by atoms with E-state index in [4.69, 9.17) is 11.6 Å². The quantitative estimate of drug-likeness (QED) is 0.917. The first-order valence-corrected chi connectivity index (χ1v) is 7.68. The highest BCUT2D eigenvalue weighted by Gasteiger charge is 2.19. The first-order chi connectivity index (χ1) is 9.65. The Morgan fingerprint density at radius 1 is 1.45 bits per heavy atom. The van der Waals surface area contributed by atoms with Crippen LogP contribution in [-0.4, -0.2) is 15.5 Å². The Morgan fingerprint density at radius 3 is 2.90 bits per heavy atom. The zero-order valence-corrected chi connectivity index (χ0v) is 13.0. The first kappa shape index (κ1) is 14.9. The molecule has 1 N–H and O–H groups in total. The Bertz CT molecular complexity index is 600. The van der Waals surface area contributed by atoms with E-state index in [1.54, 1.807) is 0 Å². The molecular weight excluding hydrogens is 294 g/mol. The van der Waals surface area contributed by atoms with Crippen molar-refractivity contribution in [3.8, 4) is 0 Å². The fraction of sp³-hybridized carbons (Fsp3) is 0.357. The molecule has 0 aliphatic carbocycles. The van der Waals surface area contributed by atoms with E-state index in [0.717, 1.165) is 29.2 Å². The van der Waals surface area contributed by atoms with Crippen molar-refractivity contribution >= 4 is 29.0 Å². The van der Waals surface area contributed by atoms with Gasteiger partial charge < -0.3 is 5.32 Å². The smallest absolute Gasteiger partial charge is 0.265 e. The minimum atomic E-state index is -0.122. The molecule has 1 unspecified atom stereocenters. The highest BCUT2D eigenvalue weighted by Crippen LogP contribution is 2.21. The van der Waals surface area contributed by atoms with Gasteiger partial charge in [0.05, 0.1) is 11.7 Å². The van der Waals surface area contributed by atoms with Gasteiger partial charge >= 0.3 is 0 Å². The topological polar surface area (TPSA) is 54.9 Å². The van der Waals surface area contributed by atoms with Gasteiger partial charge in [0.2, 0.25) is 0 Å². The Morgan fingerprint density at radius 2 is 2.25 bits per heavy atom. The Labute approximate surface area is 127 Å². The summed E-state index contributed by atoms with van der Waals surface area (Å²) >= 11 is 7.13. The molecular formula is C14H16ClN3OS. The van der Waals surface area contributed by atoms with Gasteiger partial charge in [-0.1, -0.05) is 42.1 Å². The highest BCUT2D eigenvalue weighted by molar-refractivity contribution is 7.08. The van der Waals surface area contributed by atoms with Gasteiger partial charge in [-0.2, -0.15) is 0 Å². The van der Waals surface area contributed by atoms with Crippen LogP contribution in [0.1, 0.15) is 47.2 Å². The van der Waals surface area contributed by atoms with Gasteiger partial charge in [0.1, 0.15) is 4.88 Å². The summed E-state index contributed by atoms with van der Waals surface area (Å²) in [4.78, 5) is 12.9.